The summed E-state index contributed by atoms with van der Waals surface area (Å²) in [5, 5.41) is 0. The second-order valence-corrected chi connectivity index (χ2v) is 8.26. The molecular weight excluding hydrogens is 402 g/mol. The third kappa shape index (κ3) is 5.39. The van der Waals surface area contributed by atoms with Crippen molar-refractivity contribution in [3.05, 3.63) is 90.5 Å². The van der Waals surface area contributed by atoms with E-state index in [1.807, 2.05) is 30.3 Å². The molecular formula is C23H23NO5S. The Balaban J connectivity index is 1.83. The number of sulfonamides is 1. The van der Waals surface area contributed by atoms with Crippen molar-refractivity contribution in [1.29, 1.82) is 0 Å². The molecule has 30 heavy (non-hydrogen) atoms. The van der Waals surface area contributed by atoms with Gasteiger partial charge in [-0.3, -0.25) is 9.10 Å². The van der Waals surface area contributed by atoms with Crippen LogP contribution in [0, 0.1) is 0 Å². The Morgan fingerprint density at radius 2 is 1.47 bits per heavy atom. The Labute approximate surface area is 176 Å². The van der Waals surface area contributed by atoms with Gasteiger partial charge in [0.2, 0.25) is 0 Å². The molecule has 0 aliphatic heterocycles. The molecule has 3 aromatic rings. The maximum absolute atomic E-state index is 13.2. The van der Waals surface area contributed by atoms with Crippen LogP contribution < -0.4 is 9.04 Å². The monoisotopic (exact) mass is 425 g/mol. The number of rotatable bonds is 9. The second kappa shape index (κ2) is 9.93. The molecule has 0 amide bonds. The van der Waals surface area contributed by atoms with E-state index in [-0.39, 0.29) is 11.5 Å². The van der Waals surface area contributed by atoms with Crippen LogP contribution in [0.1, 0.15) is 12.5 Å². The Kier molecular flexibility index (Phi) is 7.08. The van der Waals surface area contributed by atoms with E-state index in [1.54, 1.807) is 49.4 Å². The van der Waals surface area contributed by atoms with Crippen LogP contribution in [0.2, 0.25) is 0 Å². The summed E-state index contributed by atoms with van der Waals surface area (Å²) in [5.74, 6) is -0.0304. The average Bonchev–Trinajstić information content (AvgIpc) is 2.78. The Bertz CT molecular complexity index is 1050. The Morgan fingerprint density at radius 3 is 2.07 bits per heavy atom. The predicted molar refractivity (Wildman–Crippen MR) is 115 cm³/mol. The van der Waals surface area contributed by atoms with E-state index >= 15 is 0 Å². The molecule has 3 rings (SSSR count). The van der Waals surface area contributed by atoms with Gasteiger partial charge in [0.05, 0.1) is 17.2 Å². The summed E-state index contributed by atoms with van der Waals surface area (Å²) in [6.07, 6.45) is 0. The van der Waals surface area contributed by atoms with Crippen LogP contribution in [0.15, 0.2) is 89.8 Å². The lowest BCUT2D eigenvalue weighted by Gasteiger charge is -2.23. The van der Waals surface area contributed by atoms with Gasteiger partial charge in [-0.1, -0.05) is 48.5 Å². The molecule has 0 heterocycles. The van der Waals surface area contributed by atoms with E-state index in [1.165, 1.54) is 12.1 Å². The first-order valence-corrected chi connectivity index (χ1v) is 10.9. The number of ether oxygens (including phenoxy) is 2. The summed E-state index contributed by atoms with van der Waals surface area (Å²) in [4.78, 5) is 12.2. The molecule has 0 radical (unpaired) electrons. The summed E-state index contributed by atoms with van der Waals surface area (Å²) >= 11 is 0. The number of hydrogen-bond donors (Lipinski definition) is 0. The van der Waals surface area contributed by atoms with Gasteiger partial charge in [-0.15, -0.1) is 0 Å². The minimum absolute atomic E-state index is 0.0960. The van der Waals surface area contributed by atoms with Gasteiger partial charge in [-0.2, -0.15) is 0 Å². The first-order valence-electron chi connectivity index (χ1n) is 9.51. The van der Waals surface area contributed by atoms with Gasteiger partial charge in [-0.25, -0.2) is 8.42 Å². The third-order valence-corrected chi connectivity index (χ3v) is 6.07. The predicted octanol–water partition coefficient (Wildman–Crippen LogP) is 4.02. The van der Waals surface area contributed by atoms with Crippen LogP contribution in [0.25, 0.3) is 0 Å². The fraction of sp³-hybridized carbons (Fsp3) is 0.174. The summed E-state index contributed by atoms with van der Waals surface area (Å²) in [6.45, 7) is 1.82. The standard InChI is InChI=1S/C23H23NO5S/c1-2-28-23(25)17-24(30(26,27)22-11-7-4-8-12-22)20-13-15-21(16-14-20)29-18-19-9-5-3-6-10-19/h3-16H,2,17-18H2,1H3. The van der Waals surface area contributed by atoms with Crippen molar-refractivity contribution in [2.75, 3.05) is 17.5 Å². The smallest absolute Gasteiger partial charge is 0.326 e. The fourth-order valence-electron chi connectivity index (χ4n) is 2.81. The number of nitrogens with zero attached hydrogens (tertiary/aromatic N) is 1. The minimum Gasteiger partial charge on any atom is -0.489 e. The number of benzene rings is 3. The molecule has 0 saturated heterocycles. The highest BCUT2D eigenvalue weighted by molar-refractivity contribution is 7.92. The van der Waals surface area contributed by atoms with E-state index in [0.29, 0.717) is 18.0 Å². The quantitative estimate of drug-likeness (QED) is 0.484. The zero-order chi connectivity index (χ0) is 21.4. The lowest BCUT2D eigenvalue weighted by Crippen LogP contribution is -2.36. The van der Waals surface area contributed by atoms with Crippen molar-refractivity contribution >= 4 is 21.7 Å². The number of hydrogen-bond acceptors (Lipinski definition) is 5. The van der Waals surface area contributed by atoms with Crippen molar-refractivity contribution in [1.82, 2.24) is 0 Å². The average molecular weight is 426 g/mol. The molecule has 0 aliphatic carbocycles. The van der Waals surface area contributed by atoms with E-state index in [0.717, 1.165) is 9.87 Å². The van der Waals surface area contributed by atoms with Gasteiger partial charge in [0.15, 0.2) is 0 Å². The molecule has 0 unspecified atom stereocenters. The maximum Gasteiger partial charge on any atom is 0.326 e. The van der Waals surface area contributed by atoms with E-state index < -0.39 is 22.5 Å². The van der Waals surface area contributed by atoms with Crippen molar-refractivity contribution in [3.8, 4) is 5.75 Å². The third-order valence-electron chi connectivity index (χ3n) is 4.28. The molecule has 0 aliphatic rings. The molecule has 156 valence electrons. The number of carbonyl (C=O) groups is 1. The highest BCUT2D eigenvalue weighted by Gasteiger charge is 2.27. The molecule has 7 heteroatoms. The summed E-state index contributed by atoms with van der Waals surface area (Å²) in [7, 11) is -3.94. The molecule has 0 aromatic heterocycles. The lowest BCUT2D eigenvalue weighted by molar-refractivity contribution is -0.141. The molecule has 0 fully saturated rings. The van der Waals surface area contributed by atoms with Crippen LogP contribution in [0.5, 0.6) is 5.75 Å². The molecule has 0 spiro atoms. The maximum atomic E-state index is 13.2. The first-order chi connectivity index (χ1) is 14.5. The molecule has 0 saturated carbocycles. The van der Waals surface area contributed by atoms with Gasteiger partial charge in [0.25, 0.3) is 10.0 Å². The summed E-state index contributed by atoms with van der Waals surface area (Å²) in [6, 6.07) is 24.3. The second-order valence-electron chi connectivity index (χ2n) is 6.40. The van der Waals surface area contributed by atoms with Gasteiger partial charge >= 0.3 is 5.97 Å². The van der Waals surface area contributed by atoms with Gasteiger partial charge in [0.1, 0.15) is 18.9 Å². The van der Waals surface area contributed by atoms with Gasteiger partial charge in [0, 0.05) is 0 Å². The zero-order valence-electron chi connectivity index (χ0n) is 16.6. The summed E-state index contributed by atoms with van der Waals surface area (Å²) < 4.78 is 38.1. The number of carbonyl (C=O) groups excluding carboxylic acids is 1. The molecule has 3 aromatic carbocycles. The van der Waals surface area contributed by atoms with E-state index in [2.05, 4.69) is 0 Å². The van der Waals surface area contributed by atoms with Crippen molar-refractivity contribution < 1.29 is 22.7 Å². The Hall–Kier alpha value is -3.32. The highest BCUT2D eigenvalue weighted by atomic mass is 32.2. The van der Waals surface area contributed by atoms with E-state index in [9.17, 15) is 13.2 Å². The first kappa shape index (κ1) is 21.4. The molecule has 0 atom stereocenters. The Morgan fingerprint density at radius 1 is 0.867 bits per heavy atom. The summed E-state index contributed by atoms with van der Waals surface area (Å²) in [5.41, 5.74) is 1.37. The fourth-order valence-corrected chi connectivity index (χ4v) is 4.24. The topological polar surface area (TPSA) is 72.9 Å². The molecule has 0 bridgehead atoms. The van der Waals surface area contributed by atoms with Crippen molar-refractivity contribution in [3.63, 3.8) is 0 Å². The number of anilines is 1. The van der Waals surface area contributed by atoms with Crippen LogP contribution in [0.3, 0.4) is 0 Å². The molecule has 6 nitrogen and oxygen atoms in total. The highest BCUT2D eigenvalue weighted by Crippen LogP contribution is 2.26. The normalized spacial score (nSPS) is 11.0. The van der Waals surface area contributed by atoms with Crippen LogP contribution in [0.4, 0.5) is 5.69 Å². The van der Waals surface area contributed by atoms with E-state index in [4.69, 9.17) is 9.47 Å². The number of esters is 1. The van der Waals surface area contributed by atoms with Crippen molar-refractivity contribution in [2.45, 2.75) is 18.4 Å². The lowest BCUT2D eigenvalue weighted by atomic mass is 10.2. The van der Waals surface area contributed by atoms with Crippen molar-refractivity contribution in [2.24, 2.45) is 0 Å². The van der Waals surface area contributed by atoms with Crippen LogP contribution in [-0.2, 0) is 26.2 Å². The minimum atomic E-state index is -3.94. The largest absolute Gasteiger partial charge is 0.489 e. The van der Waals surface area contributed by atoms with Crippen LogP contribution >= 0.6 is 0 Å². The van der Waals surface area contributed by atoms with Crippen LogP contribution in [-0.4, -0.2) is 27.5 Å². The van der Waals surface area contributed by atoms with Gasteiger partial charge < -0.3 is 9.47 Å². The van der Waals surface area contributed by atoms with Gasteiger partial charge in [-0.05, 0) is 48.9 Å². The SMILES string of the molecule is CCOC(=O)CN(c1ccc(OCc2ccccc2)cc1)S(=O)(=O)c1ccccc1. The zero-order valence-corrected chi connectivity index (χ0v) is 17.4. The molecule has 0 N–H and O–H groups in total.